The largest absolute Gasteiger partial charge is 0.461 e. The number of carbonyl (C=O) groups excluding carboxylic acids is 2. The van der Waals surface area contributed by atoms with Gasteiger partial charge >= 0.3 is 5.97 Å². The molecule has 0 aliphatic heterocycles. The van der Waals surface area contributed by atoms with Crippen LogP contribution >= 0.6 is 0 Å². The second-order valence-corrected chi connectivity index (χ2v) is 4.95. The Balaban J connectivity index is 2.38. The number of fused-ring (bicyclic) bond motifs is 1. The molecule has 6 nitrogen and oxygen atoms in total. The second-order valence-electron chi connectivity index (χ2n) is 4.95. The molecule has 0 amide bonds. The van der Waals surface area contributed by atoms with Crippen molar-refractivity contribution >= 4 is 11.8 Å². The SMILES string of the molecule is CCOC(=O)c1[nH]nc2c1CCC/C(=C\N(C)C)C2=O. The van der Waals surface area contributed by atoms with Crippen LogP contribution in [0.5, 0.6) is 0 Å². The van der Waals surface area contributed by atoms with E-state index >= 15 is 0 Å². The van der Waals surface area contributed by atoms with Crippen molar-refractivity contribution in [3.63, 3.8) is 0 Å². The van der Waals surface area contributed by atoms with Crippen LogP contribution in [0.15, 0.2) is 11.8 Å². The number of esters is 1. The normalized spacial score (nSPS) is 16.8. The minimum atomic E-state index is -0.450. The van der Waals surface area contributed by atoms with E-state index < -0.39 is 5.97 Å². The van der Waals surface area contributed by atoms with Gasteiger partial charge in [-0.1, -0.05) is 0 Å². The third-order valence-electron chi connectivity index (χ3n) is 3.14. The average Bonchev–Trinajstić information content (AvgIpc) is 2.74. The molecule has 0 radical (unpaired) electrons. The van der Waals surface area contributed by atoms with E-state index in [-0.39, 0.29) is 5.78 Å². The predicted octanol–water partition coefficient (Wildman–Crippen LogP) is 1.55. The zero-order valence-corrected chi connectivity index (χ0v) is 12.0. The molecular formula is C14H19N3O3. The lowest BCUT2D eigenvalue weighted by Gasteiger charge is -2.08. The number of ether oxygens (including phenoxy) is 1. The molecule has 0 saturated heterocycles. The predicted molar refractivity (Wildman–Crippen MR) is 73.6 cm³/mol. The van der Waals surface area contributed by atoms with Gasteiger partial charge in [-0.15, -0.1) is 0 Å². The maximum Gasteiger partial charge on any atom is 0.356 e. The molecule has 1 aliphatic carbocycles. The van der Waals surface area contributed by atoms with Crippen LogP contribution in [-0.4, -0.2) is 47.6 Å². The number of aromatic nitrogens is 2. The van der Waals surface area contributed by atoms with E-state index in [4.69, 9.17) is 4.74 Å². The number of nitrogens with zero attached hydrogens (tertiary/aromatic N) is 2. The van der Waals surface area contributed by atoms with Gasteiger partial charge in [0.15, 0.2) is 0 Å². The lowest BCUT2D eigenvalue weighted by molar-refractivity contribution is 0.0518. The minimum Gasteiger partial charge on any atom is -0.461 e. The summed E-state index contributed by atoms with van der Waals surface area (Å²) in [4.78, 5) is 26.1. The van der Waals surface area contributed by atoms with Crippen LogP contribution in [0.3, 0.4) is 0 Å². The Morgan fingerprint density at radius 1 is 1.45 bits per heavy atom. The molecule has 1 aromatic heterocycles. The molecule has 0 bridgehead atoms. The summed E-state index contributed by atoms with van der Waals surface area (Å²) in [6.45, 7) is 2.04. The van der Waals surface area contributed by atoms with Gasteiger partial charge in [-0.2, -0.15) is 5.10 Å². The summed E-state index contributed by atoms with van der Waals surface area (Å²) in [7, 11) is 3.75. The molecule has 1 aromatic rings. The first-order valence-electron chi connectivity index (χ1n) is 6.70. The molecule has 6 heteroatoms. The Bertz CT molecular complexity index is 558. The highest BCUT2D eigenvalue weighted by molar-refractivity contribution is 6.10. The molecule has 1 heterocycles. The molecule has 20 heavy (non-hydrogen) atoms. The van der Waals surface area contributed by atoms with Crippen molar-refractivity contribution in [2.24, 2.45) is 0 Å². The van der Waals surface area contributed by atoms with E-state index in [2.05, 4.69) is 10.2 Å². The molecular weight excluding hydrogens is 258 g/mol. The quantitative estimate of drug-likeness (QED) is 0.515. The molecule has 0 atom stereocenters. The van der Waals surface area contributed by atoms with Crippen molar-refractivity contribution in [3.05, 3.63) is 28.7 Å². The molecule has 0 saturated carbocycles. The number of rotatable bonds is 3. The molecule has 0 spiro atoms. The van der Waals surface area contributed by atoms with Crippen molar-refractivity contribution < 1.29 is 14.3 Å². The number of Topliss-reactive ketones (excluding diaryl/α,β-unsaturated/α-hetero) is 1. The molecule has 0 fully saturated rings. The maximum absolute atomic E-state index is 12.4. The van der Waals surface area contributed by atoms with Crippen LogP contribution in [0.1, 0.15) is 46.3 Å². The summed E-state index contributed by atoms with van der Waals surface area (Å²) >= 11 is 0. The molecule has 2 rings (SSSR count). The van der Waals surface area contributed by atoms with Crippen molar-refractivity contribution in [1.29, 1.82) is 0 Å². The number of aromatic amines is 1. The van der Waals surface area contributed by atoms with E-state index in [0.717, 1.165) is 12.0 Å². The Morgan fingerprint density at radius 2 is 2.20 bits per heavy atom. The van der Waals surface area contributed by atoms with Crippen LogP contribution in [0.2, 0.25) is 0 Å². The fourth-order valence-corrected chi connectivity index (χ4v) is 2.32. The number of nitrogens with one attached hydrogen (secondary N) is 1. The summed E-state index contributed by atoms with van der Waals surface area (Å²) in [5.74, 6) is -0.563. The van der Waals surface area contributed by atoms with E-state index in [1.165, 1.54) is 0 Å². The van der Waals surface area contributed by atoms with Gasteiger partial charge in [0.1, 0.15) is 11.4 Å². The van der Waals surface area contributed by atoms with Crippen molar-refractivity contribution in [2.75, 3.05) is 20.7 Å². The third-order valence-corrected chi connectivity index (χ3v) is 3.14. The summed E-state index contributed by atoms with van der Waals surface area (Å²) in [5, 5.41) is 6.67. The van der Waals surface area contributed by atoms with Crippen LogP contribution < -0.4 is 0 Å². The Hall–Kier alpha value is -2.11. The fraction of sp³-hybridized carbons (Fsp3) is 0.500. The number of H-pyrrole nitrogens is 1. The Morgan fingerprint density at radius 3 is 2.85 bits per heavy atom. The Kier molecular flexibility index (Phi) is 4.22. The number of hydrogen-bond donors (Lipinski definition) is 1. The summed E-state index contributed by atoms with van der Waals surface area (Å²) in [6, 6.07) is 0. The molecule has 1 aliphatic rings. The lowest BCUT2D eigenvalue weighted by Crippen LogP contribution is -2.10. The molecule has 108 valence electrons. The van der Waals surface area contributed by atoms with Crippen LogP contribution in [0.4, 0.5) is 0 Å². The maximum atomic E-state index is 12.4. The van der Waals surface area contributed by atoms with Gasteiger partial charge in [-0.25, -0.2) is 4.79 Å². The lowest BCUT2D eigenvalue weighted by atomic mass is 10.1. The van der Waals surface area contributed by atoms with Crippen molar-refractivity contribution in [3.8, 4) is 0 Å². The highest BCUT2D eigenvalue weighted by Gasteiger charge is 2.28. The minimum absolute atomic E-state index is 0.113. The average molecular weight is 277 g/mol. The number of ketones is 1. The van der Waals surface area contributed by atoms with Gasteiger partial charge in [0, 0.05) is 31.4 Å². The highest BCUT2D eigenvalue weighted by atomic mass is 16.5. The summed E-state index contributed by atoms with van der Waals surface area (Å²) < 4.78 is 4.98. The number of hydrogen-bond acceptors (Lipinski definition) is 5. The van der Waals surface area contributed by atoms with E-state index in [0.29, 0.717) is 36.4 Å². The van der Waals surface area contributed by atoms with Crippen molar-refractivity contribution in [1.82, 2.24) is 15.1 Å². The monoisotopic (exact) mass is 277 g/mol. The van der Waals surface area contributed by atoms with Gasteiger partial charge < -0.3 is 9.64 Å². The van der Waals surface area contributed by atoms with Gasteiger partial charge in [-0.3, -0.25) is 9.89 Å². The van der Waals surface area contributed by atoms with E-state index in [1.54, 1.807) is 6.92 Å². The van der Waals surface area contributed by atoms with Crippen LogP contribution in [-0.2, 0) is 11.2 Å². The van der Waals surface area contributed by atoms with E-state index in [1.807, 2.05) is 25.2 Å². The van der Waals surface area contributed by atoms with Gasteiger partial charge in [0.2, 0.25) is 5.78 Å². The second kappa shape index (κ2) is 5.90. The van der Waals surface area contributed by atoms with E-state index in [9.17, 15) is 9.59 Å². The standard InChI is InChI=1S/C14H19N3O3/c1-4-20-14(19)12-10-7-5-6-9(8-17(2)3)13(18)11(10)15-16-12/h8H,4-7H2,1-3H3,(H,15,16)/b9-8+. The first-order valence-corrected chi connectivity index (χ1v) is 6.70. The van der Waals surface area contributed by atoms with Gasteiger partial charge in [0.25, 0.3) is 0 Å². The topological polar surface area (TPSA) is 75.3 Å². The molecule has 0 unspecified atom stereocenters. The van der Waals surface area contributed by atoms with Gasteiger partial charge in [-0.05, 0) is 26.2 Å². The molecule has 1 N–H and O–H groups in total. The van der Waals surface area contributed by atoms with Crippen LogP contribution in [0, 0.1) is 0 Å². The first kappa shape index (κ1) is 14.3. The Labute approximate surface area is 117 Å². The third kappa shape index (κ3) is 2.74. The van der Waals surface area contributed by atoms with Crippen molar-refractivity contribution in [2.45, 2.75) is 26.2 Å². The summed E-state index contributed by atoms with van der Waals surface area (Å²) in [6.07, 6.45) is 3.96. The smallest absolute Gasteiger partial charge is 0.356 e. The van der Waals surface area contributed by atoms with Crippen LogP contribution in [0.25, 0.3) is 0 Å². The molecule has 0 aromatic carbocycles. The zero-order chi connectivity index (χ0) is 14.7. The first-order chi connectivity index (χ1) is 9.54. The number of allylic oxidation sites excluding steroid dienone is 1. The van der Waals surface area contributed by atoms with Gasteiger partial charge in [0.05, 0.1) is 6.61 Å². The fourth-order valence-electron chi connectivity index (χ4n) is 2.32. The zero-order valence-electron chi connectivity index (χ0n) is 12.0. The number of carbonyl (C=O) groups is 2. The summed E-state index contributed by atoms with van der Waals surface area (Å²) in [5.41, 5.74) is 2.05. The highest BCUT2D eigenvalue weighted by Crippen LogP contribution is 2.25.